The molecular formula is C14H14BrNO2. The predicted octanol–water partition coefficient (Wildman–Crippen LogP) is 3.19. The molecular weight excluding hydrogens is 294 g/mol. The smallest absolute Gasteiger partial charge is 0.133 e. The number of hydrogen-bond acceptors (Lipinski definition) is 3. The van der Waals surface area contributed by atoms with Crippen molar-refractivity contribution in [1.29, 1.82) is 0 Å². The Kier molecular flexibility index (Phi) is 4.36. The molecule has 0 aliphatic heterocycles. The Hall–Kier alpha value is -1.36. The zero-order chi connectivity index (χ0) is 13.0. The molecule has 0 atom stereocenters. The van der Waals surface area contributed by atoms with E-state index in [-0.39, 0.29) is 6.61 Å². The van der Waals surface area contributed by atoms with Gasteiger partial charge in [0.1, 0.15) is 11.5 Å². The monoisotopic (exact) mass is 307 g/mol. The lowest BCUT2D eigenvalue weighted by molar-refractivity contribution is 0.281. The lowest BCUT2D eigenvalue weighted by atomic mass is 10.2. The van der Waals surface area contributed by atoms with Gasteiger partial charge in [0.25, 0.3) is 0 Å². The summed E-state index contributed by atoms with van der Waals surface area (Å²) >= 11 is 3.45. The summed E-state index contributed by atoms with van der Waals surface area (Å²) in [6.45, 7) is 0.399. The van der Waals surface area contributed by atoms with E-state index in [9.17, 15) is 0 Å². The van der Waals surface area contributed by atoms with Gasteiger partial charge in [-0.3, -0.25) is 0 Å². The summed E-state index contributed by atoms with van der Waals surface area (Å²) in [7, 11) is 0. The topological polar surface area (TPSA) is 55.5 Å². The lowest BCUT2D eigenvalue weighted by Crippen LogP contribution is -2.00. The molecule has 0 heterocycles. The molecule has 4 heteroatoms. The number of hydrogen-bond donors (Lipinski definition) is 2. The highest BCUT2D eigenvalue weighted by atomic mass is 79.9. The molecule has 0 amide bonds. The van der Waals surface area contributed by atoms with Crippen LogP contribution in [0.3, 0.4) is 0 Å². The third kappa shape index (κ3) is 2.90. The maximum atomic E-state index is 9.09. The zero-order valence-electron chi connectivity index (χ0n) is 9.77. The van der Waals surface area contributed by atoms with Gasteiger partial charge in [-0.15, -0.1) is 0 Å². The van der Waals surface area contributed by atoms with Crippen LogP contribution in [0.1, 0.15) is 11.1 Å². The highest BCUT2D eigenvalue weighted by Crippen LogP contribution is 2.30. The van der Waals surface area contributed by atoms with E-state index in [2.05, 4.69) is 15.9 Å². The third-order valence-electron chi connectivity index (χ3n) is 2.59. The second kappa shape index (κ2) is 6.00. The van der Waals surface area contributed by atoms with Gasteiger partial charge in [0.15, 0.2) is 0 Å². The Morgan fingerprint density at radius 2 is 1.94 bits per heavy atom. The van der Waals surface area contributed by atoms with Crippen LogP contribution >= 0.6 is 15.9 Å². The molecule has 0 unspecified atom stereocenters. The second-order valence-electron chi connectivity index (χ2n) is 3.83. The van der Waals surface area contributed by atoms with Crippen LogP contribution in [0.2, 0.25) is 0 Å². The summed E-state index contributed by atoms with van der Waals surface area (Å²) in [6, 6.07) is 13.0. The maximum Gasteiger partial charge on any atom is 0.133 e. The first-order valence-corrected chi connectivity index (χ1v) is 6.39. The SMILES string of the molecule is NCc1c(Br)cccc1Oc1cccc(CO)c1. The van der Waals surface area contributed by atoms with Crippen molar-refractivity contribution in [2.45, 2.75) is 13.2 Å². The molecule has 94 valence electrons. The van der Waals surface area contributed by atoms with Gasteiger partial charge in [0.2, 0.25) is 0 Å². The van der Waals surface area contributed by atoms with E-state index in [0.29, 0.717) is 12.3 Å². The van der Waals surface area contributed by atoms with Crippen molar-refractivity contribution >= 4 is 15.9 Å². The highest BCUT2D eigenvalue weighted by molar-refractivity contribution is 9.10. The standard InChI is InChI=1S/C14H14BrNO2/c15-13-5-2-6-14(12(13)8-16)18-11-4-1-3-10(7-11)9-17/h1-7,17H,8-9,16H2. The van der Waals surface area contributed by atoms with Crippen molar-refractivity contribution in [3.05, 3.63) is 58.1 Å². The summed E-state index contributed by atoms with van der Waals surface area (Å²) in [5, 5.41) is 9.09. The Bertz CT molecular complexity index is 543. The number of aliphatic hydroxyl groups is 1. The minimum Gasteiger partial charge on any atom is -0.457 e. The number of ether oxygens (including phenoxy) is 1. The quantitative estimate of drug-likeness (QED) is 0.912. The van der Waals surface area contributed by atoms with Crippen molar-refractivity contribution < 1.29 is 9.84 Å². The molecule has 0 saturated heterocycles. The molecule has 3 nitrogen and oxygen atoms in total. The Morgan fingerprint density at radius 1 is 1.17 bits per heavy atom. The first-order valence-electron chi connectivity index (χ1n) is 5.59. The van der Waals surface area contributed by atoms with Crippen LogP contribution in [0.5, 0.6) is 11.5 Å². The number of benzene rings is 2. The largest absolute Gasteiger partial charge is 0.457 e. The van der Waals surface area contributed by atoms with E-state index in [1.165, 1.54) is 0 Å². The molecule has 2 rings (SSSR count). The average molecular weight is 308 g/mol. The van der Waals surface area contributed by atoms with Crippen LogP contribution in [0, 0.1) is 0 Å². The molecule has 0 aromatic heterocycles. The molecule has 0 bridgehead atoms. The van der Waals surface area contributed by atoms with E-state index in [0.717, 1.165) is 21.3 Å². The van der Waals surface area contributed by atoms with E-state index >= 15 is 0 Å². The maximum absolute atomic E-state index is 9.09. The normalized spacial score (nSPS) is 10.4. The van der Waals surface area contributed by atoms with Gasteiger partial charge >= 0.3 is 0 Å². The van der Waals surface area contributed by atoms with Crippen molar-refractivity contribution in [3.63, 3.8) is 0 Å². The van der Waals surface area contributed by atoms with Gasteiger partial charge < -0.3 is 15.6 Å². The first-order chi connectivity index (χ1) is 8.74. The van der Waals surface area contributed by atoms with Crippen molar-refractivity contribution in [3.8, 4) is 11.5 Å². The van der Waals surface area contributed by atoms with Crippen LogP contribution in [-0.4, -0.2) is 5.11 Å². The predicted molar refractivity (Wildman–Crippen MR) is 74.5 cm³/mol. The molecule has 0 spiro atoms. The fourth-order valence-electron chi connectivity index (χ4n) is 1.67. The minimum atomic E-state index is -0.000565. The van der Waals surface area contributed by atoms with Crippen LogP contribution in [0.25, 0.3) is 0 Å². The van der Waals surface area contributed by atoms with Gasteiger partial charge in [-0.05, 0) is 29.8 Å². The Morgan fingerprint density at radius 3 is 2.67 bits per heavy atom. The molecule has 0 fully saturated rings. The average Bonchev–Trinajstić information content (AvgIpc) is 2.39. The summed E-state index contributed by atoms with van der Waals surface area (Å²) in [5.41, 5.74) is 7.45. The zero-order valence-corrected chi connectivity index (χ0v) is 11.4. The summed E-state index contributed by atoms with van der Waals surface area (Å²) in [6.07, 6.45) is 0. The van der Waals surface area contributed by atoms with E-state index in [1.807, 2.05) is 36.4 Å². The van der Waals surface area contributed by atoms with Gasteiger partial charge in [-0.25, -0.2) is 0 Å². The van der Waals surface area contributed by atoms with E-state index < -0.39 is 0 Å². The highest BCUT2D eigenvalue weighted by Gasteiger charge is 2.07. The van der Waals surface area contributed by atoms with Gasteiger partial charge in [-0.1, -0.05) is 34.1 Å². The third-order valence-corrected chi connectivity index (χ3v) is 3.33. The summed E-state index contributed by atoms with van der Waals surface area (Å²) in [5.74, 6) is 1.41. The van der Waals surface area contributed by atoms with Gasteiger partial charge in [0, 0.05) is 16.6 Å². The first kappa shape index (κ1) is 13.1. The Balaban J connectivity index is 2.30. The van der Waals surface area contributed by atoms with Gasteiger partial charge in [-0.2, -0.15) is 0 Å². The van der Waals surface area contributed by atoms with Gasteiger partial charge in [0.05, 0.1) is 6.61 Å². The molecule has 0 aliphatic carbocycles. The number of rotatable bonds is 4. The lowest BCUT2D eigenvalue weighted by Gasteiger charge is -2.12. The minimum absolute atomic E-state index is 0.000565. The molecule has 3 N–H and O–H groups in total. The fraction of sp³-hybridized carbons (Fsp3) is 0.143. The van der Waals surface area contributed by atoms with E-state index in [1.54, 1.807) is 6.07 Å². The molecule has 18 heavy (non-hydrogen) atoms. The fourth-order valence-corrected chi connectivity index (χ4v) is 2.18. The van der Waals surface area contributed by atoms with Crippen LogP contribution in [-0.2, 0) is 13.2 Å². The molecule has 2 aromatic carbocycles. The van der Waals surface area contributed by atoms with Crippen molar-refractivity contribution in [2.24, 2.45) is 5.73 Å². The molecule has 0 saturated carbocycles. The van der Waals surface area contributed by atoms with Crippen molar-refractivity contribution in [2.75, 3.05) is 0 Å². The van der Waals surface area contributed by atoms with Crippen molar-refractivity contribution in [1.82, 2.24) is 0 Å². The number of aliphatic hydroxyl groups excluding tert-OH is 1. The van der Waals surface area contributed by atoms with E-state index in [4.69, 9.17) is 15.6 Å². The second-order valence-corrected chi connectivity index (χ2v) is 4.68. The van der Waals surface area contributed by atoms with Crippen LogP contribution in [0.4, 0.5) is 0 Å². The van der Waals surface area contributed by atoms with Crippen LogP contribution in [0.15, 0.2) is 46.9 Å². The molecule has 0 radical (unpaired) electrons. The number of halogens is 1. The molecule has 0 aliphatic rings. The Labute approximate surface area is 114 Å². The summed E-state index contributed by atoms with van der Waals surface area (Å²) < 4.78 is 6.73. The number of nitrogens with two attached hydrogens (primary N) is 1. The molecule has 2 aromatic rings. The van der Waals surface area contributed by atoms with Crippen LogP contribution < -0.4 is 10.5 Å². The summed E-state index contributed by atoms with van der Waals surface area (Å²) in [4.78, 5) is 0.